The van der Waals surface area contributed by atoms with Crippen LogP contribution in [0.4, 0.5) is 0 Å². The van der Waals surface area contributed by atoms with Gasteiger partial charge in [-0.15, -0.1) is 11.8 Å². The summed E-state index contributed by atoms with van der Waals surface area (Å²) in [5, 5.41) is 3.34. The normalized spacial score (nSPS) is 10.8. The highest BCUT2D eigenvalue weighted by Gasteiger charge is 2.05. The van der Waals surface area contributed by atoms with Gasteiger partial charge in [0.25, 0.3) is 5.19 Å². The third-order valence-corrected chi connectivity index (χ3v) is 4.00. The van der Waals surface area contributed by atoms with Gasteiger partial charge in [0, 0.05) is 21.1 Å². The number of thioether (sulfide) groups is 1. The van der Waals surface area contributed by atoms with Crippen LogP contribution in [-0.2, 0) is 0 Å². The zero-order valence-corrected chi connectivity index (χ0v) is 11.8. The number of nitrogens with zero attached hydrogens (tertiary/aromatic N) is 1. The quantitative estimate of drug-likeness (QED) is 0.769. The number of methoxy groups -OCH3 is 1. The largest absolute Gasteiger partial charge is 0.473 e. The Labute approximate surface area is 110 Å². The minimum atomic E-state index is 0.611. The summed E-state index contributed by atoms with van der Waals surface area (Å²) in [5.41, 5.74) is 2.12. The van der Waals surface area contributed by atoms with Gasteiger partial charge in [0.2, 0.25) is 0 Å². The Bertz CT molecular complexity index is 476. The van der Waals surface area contributed by atoms with E-state index in [0.717, 1.165) is 11.3 Å². The van der Waals surface area contributed by atoms with Gasteiger partial charge in [-0.3, -0.25) is 0 Å². The van der Waals surface area contributed by atoms with Gasteiger partial charge >= 0.3 is 0 Å². The minimum Gasteiger partial charge on any atom is -0.473 e. The van der Waals surface area contributed by atoms with Gasteiger partial charge in [0.05, 0.1) is 12.8 Å². The molecule has 0 aliphatic carbocycles. The number of rotatable bonds is 4. The minimum absolute atomic E-state index is 0.611. The molecule has 0 unspecified atom stereocenters. The van der Waals surface area contributed by atoms with Gasteiger partial charge in [0.1, 0.15) is 0 Å². The molecule has 0 aliphatic heterocycles. The van der Waals surface area contributed by atoms with E-state index in [0.29, 0.717) is 10.4 Å². The van der Waals surface area contributed by atoms with Crippen LogP contribution >= 0.6 is 23.1 Å². The fourth-order valence-corrected chi connectivity index (χ4v) is 2.95. The van der Waals surface area contributed by atoms with Gasteiger partial charge in [-0.25, -0.2) is 4.98 Å². The molecule has 0 N–H and O–H groups in total. The predicted molar refractivity (Wildman–Crippen MR) is 75.1 cm³/mol. The van der Waals surface area contributed by atoms with Crippen molar-refractivity contribution in [2.24, 2.45) is 0 Å². The highest BCUT2D eigenvalue weighted by atomic mass is 32.2. The Balaban J connectivity index is 2.17. The summed E-state index contributed by atoms with van der Waals surface area (Å²) in [6, 6.07) is 8.51. The van der Waals surface area contributed by atoms with Crippen LogP contribution < -0.4 is 4.74 Å². The average molecular weight is 265 g/mol. The standard InChI is InChI=1S/C13H15NOS2/c1-9(2)17-11-6-4-10(5-7-11)12-8-16-13(14-12)15-3/h4-9H,1-3H3. The van der Waals surface area contributed by atoms with Crippen molar-refractivity contribution in [2.45, 2.75) is 24.0 Å². The molecular weight excluding hydrogens is 250 g/mol. The van der Waals surface area contributed by atoms with Crippen LogP contribution in [0.15, 0.2) is 34.5 Å². The van der Waals surface area contributed by atoms with Gasteiger partial charge in [0.15, 0.2) is 0 Å². The maximum Gasteiger partial charge on any atom is 0.273 e. The summed E-state index contributed by atoms with van der Waals surface area (Å²) < 4.78 is 5.10. The molecule has 2 nitrogen and oxygen atoms in total. The van der Waals surface area contributed by atoms with Crippen LogP contribution in [0.2, 0.25) is 0 Å². The number of ether oxygens (including phenoxy) is 1. The first-order chi connectivity index (χ1) is 8.19. The molecule has 2 rings (SSSR count). The Kier molecular flexibility index (Phi) is 4.07. The predicted octanol–water partition coefficient (Wildman–Crippen LogP) is 4.32. The first-order valence-corrected chi connectivity index (χ1v) is 7.21. The molecule has 4 heteroatoms. The van der Waals surface area contributed by atoms with Crippen LogP contribution in [0.25, 0.3) is 11.3 Å². The van der Waals surface area contributed by atoms with Crippen molar-refractivity contribution in [3.63, 3.8) is 0 Å². The summed E-state index contributed by atoms with van der Waals surface area (Å²) in [6.45, 7) is 4.40. The molecule has 0 bridgehead atoms. The lowest BCUT2D eigenvalue weighted by atomic mass is 10.2. The third kappa shape index (κ3) is 3.23. The SMILES string of the molecule is COc1nc(-c2ccc(SC(C)C)cc2)cs1. The first-order valence-electron chi connectivity index (χ1n) is 5.45. The molecule has 1 aromatic carbocycles. The molecule has 0 aliphatic rings. The number of thiazole rings is 1. The van der Waals surface area contributed by atoms with Crippen LogP contribution in [0, 0.1) is 0 Å². The van der Waals surface area contributed by atoms with E-state index in [2.05, 4.69) is 43.1 Å². The second-order valence-electron chi connectivity index (χ2n) is 3.89. The molecule has 0 atom stereocenters. The molecule has 0 saturated heterocycles. The zero-order valence-electron chi connectivity index (χ0n) is 10.1. The monoisotopic (exact) mass is 265 g/mol. The summed E-state index contributed by atoms with van der Waals surface area (Å²) in [7, 11) is 1.64. The lowest BCUT2D eigenvalue weighted by molar-refractivity contribution is 0.412. The van der Waals surface area contributed by atoms with E-state index in [1.165, 1.54) is 16.2 Å². The lowest BCUT2D eigenvalue weighted by Crippen LogP contribution is -1.86. The molecule has 0 fully saturated rings. The lowest BCUT2D eigenvalue weighted by Gasteiger charge is -2.05. The number of aromatic nitrogens is 1. The van der Waals surface area contributed by atoms with Crippen LogP contribution in [-0.4, -0.2) is 17.3 Å². The van der Waals surface area contributed by atoms with Crippen LogP contribution in [0.3, 0.4) is 0 Å². The van der Waals surface area contributed by atoms with Gasteiger partial charge < -0.3 is 4.74 Å². The molecule has 2 aromatic rings. The molecule has 0 amide bonds. The number of hydrogen-bond donors (Lipinski definition) is 0. The maximum absolute atomic E-state index is 5.10. The van der Waals surface area contributed by atoms with Crippen molar-refractivity contribution in [1.82, 2.24) is 4.98 Å². The van der Waals surface area contributed by atoms with E-state index in [1.54, 1.807) is 7.11 Å². The van der Waals surface area contributed by atoms with Gasteiger partial charge in [-0.1, -0.05) is 37.3 Å². The van der Waals surface area contributed by atoms with Crippen molar-refractivity contribution in [3.05, 3.63) is 29.6 Å². The Morgan fingerprint density at radius 1 is 1.24 bits per heavy atom. The third-order valence-electron chi connectivity index (χ3n) is 2.18. The van der Waals surface area contributed by atoms with Crippen LogP contribution in [0.5, 0.6) is 5.19 Å². The van der Waals surface area contributed by atoms with Gasteiger partial charge in [-0.2, -0.15) is 0 Å². The first kappa shape index (κ1) is 12.5. The van der Waals surface area contributed by atoms with Gasteiger partial charge in [-0.05, 0) is 12.1 Å². The number of benzene rings is 1. The smallest absolute Gasteiger partial charge is 0.273 e. The average Bonchev–Trinajstić information content (AvgIpc) is 2.78. The van der Waals surface area contributed by atoms with Crippen molar-refractivity contribution in [2.75, 3.05) is 7.11 Å². The van der Waals surface area contributed by atoms with E-state index >= 15 is 0 Å². The zero-order chi connectivity index (χ0) is 12.3. The Hall–Kier alpha value is -1.00. The maximum atomic E-state index is 5.10. The molecule has 0 saturated carbocycles. The van der Waals surface area contributed by atoms with Crippen molar-refractivity contribution in [1.29, 1.82) is 0 Å². The van der Waals surface area contributed by atoms with E-state index in [4.69, 9.17) is 4.74 Å². The van der Waals surface area contributed by atoms with E-state index in [9.17, 15) is 0 Å². The van der Waals surface area contributed by atoms with Crippen molar-refractivity contribution >= 4 is 23.1 Å². The van der Waals surface area contributed by atoms with Crippen molar-refractivity contribution in [3.8, 4) is 16.5 Å². The summed E-state index contributed by atoms with van der Waals surface area (Å²) in [6.07, 6.45) is 0. The van der Waals surface area contributed by atoms with E-state index in [-0.39, 0.29) is 0 Å². The summed E-state index contributed by atoms with van der Waals surface area (Å²) in [5.74, 6) is 0. The van der Waals surface area contributed by atoms with E-state index in [1.807, 2.05) is 17.1 Å². The Morgan fingerprint density at radius 3 is 2.47 bits per heavy atom. The summed E-state index contributed by atoms with van der Waals surface area (Å²) >= 11 is 3.39. The number of hydrogen-bond acceptors (Lipinski definition) is 4. The molecule has 0 spiro atoms. The molecule has 90 valence electrons. The van der Waals surface area contributed by atoms with Crippen LogP contribution in [0.1, 0.15) is 13.8 Å². The fraction of sp³-hybridized carbons (Fsp3) is 0.308. The molecule has 17 heavy (non-hydrogen) atoms. The van der Waals surface area contributed by atoms with E-state index < -0.39 is 0 Å². The molecule has 0 radical (unpaired) electrons. The highest BCUT2D eigenvalue weighted by Crippen LogP contribution is 2.29. The molecule has 1 heterocycles. The molecular formula is C13H15NOS2. The highest BCUT2D eigenvalue weighted by molar-refractivity contribution is 7.99. The Morgan fingerprint density at radius 2 is 1.94 bits per heavy atom. The fourth-order valence-electron chi connectivity index (χ4n) is 1.46. The second-order valence-corrected chi connectivity index (χ2v) is 6.36. The molecule has 1 aromatic heterocycles. The topological polar surface area (TPSA) is 22.1 Å². The van der Waals surface area contributed by atoms with Crippen molar-refractivity contribution < 1.29 is 4.74 Å². The second kappa shape index (κ2) is 5.56. The summed E-state index contributed by atoms with van der Waals surface area (Å²) in [4.78, 5) is 5.68.